The van der Waals surface area contributed by atoms with Crippen molar-refractivity contribution in [2.45, 2.75) is 71.5 Å². The van der Waals surface area contributed by atoms with Gasteiger partial charge in [0.1, 0.15) is 12.6 Å². The van der Waals surface area contributed by atoms with Crippen LogP contribution in [0.2, 0.25) is 10.0 Å². The molecule has 1 atom stereocenters. The van der Waals surface area contributed by atoms with Gasteiger partial charge in [0.15, 0.2) is 0 Å². The van der Waals surface area contributed by atoms with E-state index in [2.05, 4.69) is 5.32 Å². The Bertz CT molecular complexity index is 1510. The van der Waals surface area contributed by atoms with Crippen LogP contribution in [-0.4, -0.2) is 43.8 Å². The average Bonchev–Trinajstić information content (AvgIpc) is 2.89. The van der Waals surface area contributed by atoms with Crippen LogP contribution in [0.1, 0.15) is 49.4 Å². The Hall–Kier alpha value is -3.07. The van der Waals surface area contributed by atoms with Crippen LogP contribution in [0.3, 0.4) is 0 Å². The molecule has 0 saturated carbocycles. The molecule has 0 unspecified atom stereocenters. The van der Waals surface area contributed by atoms with E-state index in [1.165, 1.54) is 17.0 Å². The molecule has 0 aliphatic heterocycles. The first-order valence-corrected chi connectivity index (χ1v) is 15.6. The van der Waals surface area contributed by atoms with Gasteiger partial charge in [0.05, 0.1) is 10.6 Å². The number of aryl methyl sites for hydroxylation is 3. The van der Waals surface area contributed by atoms with Crippen molar-refractivity contribution in [3.8, 4) is 0 Å². The van der Waals surface area contributed by atoms with E-state index in [1.807, 2.05) is 40.7 Å². The predicted molar refractivity (Wildman–Crippen MR) is 166 cm³/mol. The second kappa shape index (κ2) is 13.7. The molecule has 2 amide bonds. The van der Waals surface area contributed by atoms with E-state index in [4.69, 9.17) is 23.2 Å². The Kier molecular flexibility index (Phi) is 10.9. The number of nitrogens with one attached hydrogen (secondary N) is 1. The van der Waals surface area contributed by atoms with Crippen molar-refractivity contribution in [3.05, 3.63) is 93.0 Å². The summed E-state index contributed by atoms with van der Waals surface area (Å²) in [7, 11) is -4.15. The van der Waals surface area contributed by atoms with Gasteiger partial charge in [-0.05, 0) is 94.1 Å². The van der Waals surface area contributed by atoms with Crippen LogP contribution in [0.15, 0.2) is 65.6 Å². The van der Waals surface area contributed by atoms with Crippen molar-refractivity contribution in [1.82, 2.24) is 10.2 Å². The van der Waals surface area contributed by atoms with Gasteiger partial charge in [-0.15, -0.1) is 0 Å². The molecule has 0 saturated heterocycles. The van der Waals surface area contributed by atoms with Crippen molar-refractivity contribution in [1.29, 1.82) is 0 Å². The highest BCUT2D eigenvalue weighted by molar-refractivity contribution is 7.92. The molecule has 0 aliphatic carbocycles. The van der Waals surface area contributed by atoms with E-state index >= 15 is 0 Å². The number of rotatable bonds is 11. The number of carbonyl (C=O) groups is 2. The van der Waals surface area contributed by atoms with Crippen molar-refractivity contribution < 1.29 is 18.0 Å². The first-order chi connectivity index (χ1) is 19.2. The van der Waals surface area contributed by atoms with Gasteiger partial charge >= 0.3 is 0 Å². The van der Waals surface area contributed by atoms with E-state index in [9.17, 15) is 18.0 Å². The number of amides is 2. The van der Waals surface area contributed by atoms with Crippen LogP contribution in [0, 0.1) is 20.8 Å². The third kappa shape index (κ3) is 8.03. The summed E-state index contributed by atoms with van der Waals surface area (Å²) in [5.74, 6) is -0.879. The number of nitrogens with zero attached hydrogens (tertiary/aromatic N) is 2. The molecule has 0 bridgehead atoms. The fraction of sp³-hybridized carbons (Fsp3) is 0.355. The lowest BCUT2D eigenvalue weighted by Crippen LogP contribution is -2.53. The predicted octanol–water partition coefficient (Wildman–Crippen LogP) is 6.45. The second-order valence-corrected chi connectivity index (χ2v) is 13.1. The van der Waals surface area contributed by atoms with Crippen molar-refractivity contribution >= 4 is 50.7 Å². The number of hydrogen-bond acceptors (Lipinski definition) is 4. The highest BCUT2D eigenvalue weighted by Crippen LogP contribution is 2.28. The van der Waals surface area contributed by atoms with Gasteiger partial charge in [-0.25, -0.2) is 8.42 Å². The fourth-order valence-electron chi connectivity index (χ4n) is 4.38. The highest BCUT2D eigenvalue weighted by atomic mass is 35.5. The summed E-state index contributed by atoms with van der Waals surface area (Å²) >= 11 is 12.5. The number of benzene rings is 3. The summed E-state index contributed by atoms with van der Waals surface area (Å²) < 4.78 is 29.1. The standard InChI is InChI=1S/C31H37Cl2N3O4S/c1-7-29(31(38)34-20(2)3)35(18-24-11-12-25(32)17-28(24)33)30(37)19-36(26-13-10-22(5)23(6)16-26)41(39,40)27-14-8-21(4)9-15-27/h8-17,20,29H,7,18-19H2,1-6H3,(H,34,38)/t29-/m0/s1. The lowest BCUT2D eigenvalue weighted by molar-refractivity contribution is -0.140. The van der Waals surface area contributed by atoms with Crippen LogP contribution in [-0.2, 0) is 26.2 Å². The van der Waals surface area contributed by atoms with E-state index in [0.717, 1.165) is 21.0 Å². The molecule has 0 spiro atoms. The zero-order valence-corrected chi connectivity index (χ0v) is 26.6. The maximum atomic E-state index is 14.2. The van der Waals surface area contributed by atoms with Crippen LogP contribution >= 0.6 is 23.2 Å². The van der Waals surface area contributed by atoms with Gasteiger partial charge in [0.25, 0.3) is 10.0 Å². The van der Waals surface area contributed by atoms with Crippen molar-refractivity contribution in [2.75, 3.05) is 10.8 Å². The minimum absolute atomic E-state index is 0.00972. The minimum atomic E-state index is -4.15. The summed E-state index contributed by atoms with van der Waals surface area (Å²) in [6.07, 6.45) is 0.309. The van der Waals surface area contributed by atoms with E-state index in [1.54, 1.807) is 49.4 Å². The van der Waals surface area contributed by atoms with Gasteiger partial charge < -0.3 is 10.2 Å². The molecule has 41 heavy (non-hydrogen) atoms. The Balaban J connectivity index is 2.11. The highest BCUT2D eigenvalue weighted by Gasteiger charge is 2.34. The maximum Gasteiger partial charge on any atom is 0.264 e. The Morgan fingerprint density at radius 3 is 2.12 bits per heavy atom. The number of anilines is 1. The molecule has 0 fully saturated rings. The number of hydrogen-bond donors (Lipinski definition) is 1. The van der Waals surface area contributed by atoms with E-state index in [0.29, 0.717) is 27.7 Å². The van der Waals surface area contributed by atoms with Crippen LogP contribution in [0.25, 0.3) is 0 Å². The largest absolute Gasteiger partial charge is 0.352 e. The molecule has 7 nitrogen and oxygen atoms in total. The third-order valence-electron chi connectivity index (χ3n) is 6.84. The monoisotopic (exact) mass is 617 g/mol. The molecule has 0 heterocycles. The van der Waals surface area contributed by atoms with Gasteiger partial charge in [0, 0.05) is 22.6 Å². The molecular weight excluding hydrogens is 581 g/mol. The molecule has 220 valence electrons. The molecule has 0 radical (unpaired) electrons. The molecule has 3 aromatic carbocycles. The first kappa shape index (κ1) is 32.4. The van der Waals surface area contributed by atoms with Crippen molar-refractivity contribution in [3.63, 3.8) is 0 Å². The lowest BCUT2D eigenvalue weighted by Gasteiger charge is -2.34. The number of sulfonamides is 1. The summed E-state index contributed by atoms with van der Waals surface area (Å²) in [4.78, 5) is 28.9. The van der Waals surface area contributed by atoms with Gasteiger partial charge in [-0.2, -0.15) is 0 Å². The van der Waals surface area contributed by atoms with Crippen molar-refractivity contribution in [2.24, 2.45) is 0 Å². The summed E-state index contributed by atoms with van der Waals surface area (Å²) in [6.45, 7) is 10.6. The molecule has 10 heteroatoms. The van der Waals surface area contributed by atoms with E-state index in [-0.39, 0.29) is 23.4 Å². The molecular formula is C31H37Cl2N3O4S. The number of halogens is 2. The Labute approximate surface area is 253 Å². The topological polar surface area (TPSA) is 86.8 Å². The SMILES string of the molecule is CC[C@@H](C(=O)NC(C)C)N(Cc1ccc(Cl)cc1Cl)C(=O)CN(c1ccc(C)c(C)c1)S(=O)(=O)c1ccc(C)cc1. The van der Waals surface area contributed by atoms with Crippen LogP contribution in [0.4, 0.5) is 5.69 Å². The minimum Gasteiger partial charge on any atom is -0.352 e. The summed E-state index contributed by atoms with van der Waals surface area (Å²) in [6, 6.07) is 15.6. The van der Waals surface area contributed by atoms with Gasteiger partial charge in [-0.1, -0.05) is 60.0 Å². The summed E-state index contributed by atoms with van der Waals surface area (Å²) in [5.41, 5.74) is 3.71. The van der Waals surface area contributed by atoms with Gasteiger partial charge in [0.2, 0.25) is 11.8 Å². The molecule has 3 aromatic rings. The molecule has 1 N–H and O–H groups in total. The quantitative estimate of drug-likeness (QED) is 0.268. The Morgan fingerprint density at radius 1 is 0.902 bits per heavy atom. The third-order valence-corrected chi connectivity index (χ3v) is 9.21. The average molecular weight is 619 g/mol. The normalized spacial score (nSPS) is 12.2. The molecule has 0 aromatic heterocycles. The number of carbonyl (C=O) groups excluding carboxylic acids is 2. The first-order valence-electron chi connectivity index (χ1n) is 13.4. The maximum absolute atomic E-state index is 14.2. The molecule has 0 aliphatic rings. The Morgan fingerprint density at radius 2 is 1.56 bits per heavy atom. The lowest BCUT2D eigenvalue weighted by atomic mass is 10.1. The zero-order chi connectivity index (χ0) is 30.5. The second-order valence-electron chi connectivity index (χ2n) is 10.4. The zero-order valence-electron chi connectivity index (χ0n) is 24.2. The van der Waals surface area contributed by atoms with Crippen LogP contribution < -0.4 is 9.62 Å². The van der Waals surface area contributed by atoms with Gasteiger partial charge in [-0.3, -0.25) is 13.9 Å². The smallest absolute Gasteiger partial charge is 0.264 e. The fourth-order valence-corrected chi connectivity index (χ4v) is 6.25. The molecule has 3 rings (SSSR count). The van der Waals surface area contributed by atoms with E-state index < -0.39 is 28.5 Å². The summed E-state index contributed by atoms with van der Waals surface area (Å²) in [5, 5.41) is 3.66. The van der Waals surface area contributed by atoms with Crippen LogP contribution in [0.5, 0.6) is 0 Å².